The molecule has 2 saturated carbocycles. The lowest BCUT2D eigenvalue weighted by Crippen LogP contribution is -2.54. The Morgan fingerprint density at radius 2 is 1.70 bits per heavy atom. The zero-order valence-electron chi connectivity index (χ0n) is 27.3. The number of likely N-dealkylation sites (tertiary alicyclic amines) is 1. The molecule has 5 rings (SSSR count). The van der Waals surface area contributed by atoms with E-state index in [2.05, 4.69) is 21.0 Å². The van der Waals surface area contributed by atoms with Crippen LogP contribution in [0.3, 0.4) is 0 Å². The Labute approximate surface area is 273 Å². The van der Waals surface area contributed by atoms with Crippen LogP contribution in [0.25, 0.3) is 0 Å². The van der Waals surface area contributed by atoms with Crippen molar-refractivity contribution >= 4 is 29.3 Å². The Bertz CT molecular complexity index is 1450. The lowest BCUT2D eigenvalue weighted by Gasteiger charge is -2.38. The van der Waals surface area contributed by atoms with Gasteiger partial charge in [0.1, 0.15) is 30.3 Å². The van der Waals surface area contributed by atoms with Crippen LogP contribution in [-0.2, 0) is 20.9 Å². The van der Waals surface area contributed by atoms with Crippen LogP contribution in [0.5, 0.6) is 0 Å². The predicted octanol–water partition coefficient (Wildman–Crippen LogP) is 3.54. The highest BCUT2D eigenvalue weighted by Crippen LogP contribution is 2.51. The molecule has 3 atom stereocenters. The van der Waals surface area contributed by atoms with Crippen LogP contribution >= 0.6 is 0 Å². The number of anilines is 1. The van der Waals surface area contributed by atoms with E-state index < -0.39 is 47.9 Å². The van der Waals surface area contributed by atoms with E-state index in [1.54, 1.807) is 31.7 Å². The second kappa shape index (κ2) is 14.5. The van der Waals surface area contributed by atoms with Gasteiger partial charge in [-0.2, -0.15) is 5.10 Å². The first-order valence-electron chi connectivity index (χ1n) is 16.7. The number of rotatable bonds is 14. The number of carbonyl (C=O) groups excluding carboxylic acids is 4. The molecule has 1 saturated heterocycles. The number of nitrogens with zero attached hydrogens (tertiary/aromatic N) is 3. The summed E-state index contributed by atoms with van der Waals surface area (Å²) in [5.74, 6) is -2.57. The van der Waals surface area contributed by atoms with E-state index in [4.69, 9.17) is 0 Å². The van der Waals surface area contributed by atoms with Crippen molar-refractivity contribution in [1.82, 2.24) is 25.3 Å². The van der Waals surface area contributed by atoms with Crippen molar-refractivity contribution in [2.45, 2.75) is 95.9 Å². The summed E-state index contributed by atoms with van der Waals surface area (Å²) in [4.78, 5) is 54.7. The summed E-state index contributed by atoms with van der Waals surface area (Å²) in [7, 11) is 0. The van der Waals surface area contributed by atoms with Crippen molar-refractivity contribution in [3.05, 3.63) is 47.5 Å². The van der Waals surface area contributed by atoms with Crippen LogP contribution in [-0.4, -0.2) is 80.9 Å². The van der Waals surface area contributed by atoms with E-state index in [-0.39, 0.29) is 53.9 Å². The lowest BCUT2D eigenvalue weighted by atomic mass is 9.88. The van der Waals surface area contributed by atoms with Crippen LogP contribution < -0.4 is 16.0 Å². The van der Waals surface area contributed by atoms with Gasteiger partial charge in [-0.3, -0.25) is 23.9 Å². The number of hydrogen-bond donors (Lipinski definition) is 4. The van der Waals surface area contributed by atoms with Crippen molar-refractivity contribution in [3.63, 3.8) is 0 Å². The van der Waals surface area contributed by atoms with Crippen LogP contribution in [0, 0.1) is 23.6 Å². The van der Waals surface area contributed by atoms with Gasteiger partial charge >= 0.3 is 0 Å². The first kappa shape index (κ1) is 34.5. The van der Waals surface area contributed by atoms with Gasteiger partial charge in [-0.25, -0.2) is 8.78 Å². The van der Waals surface area contributed by atoms with Gasteiger partial charge in [-0.1, -0.05) is 19.9 Å². The van der Waals surface area contributed by atoms with E-state index in [0.717, 1.165) is 25.7 Å². The SMILES string of the molecule is CCC(=O)N[C@@H](C(=O)N1CCC(C)(O)CC1)[C@@H](C)c1ccc(NC(=O)[C@@H](NC(=O)c2ccnn2CCF)C(C2CC2)C2CC2)c(F)c1. The Hall–Kier alpha value is -3.87. The molecule has 0 bridgehead atoms. The first-order valence-corrected chi connectivity index (χ1v) is 16.7. The fraction of sp³-hybridized carbons (Fsp3) is 0.618. The van der Waals surface area contributed by atoms with Crippen molar-refractivity contribution in [2.75, 3.05) is 25.1 Å². The van der Waals surface area contributed by atoms with E-state index in [9.17, 15) is 28.7 Å². The summed E-state index contributed by atoms with van der Waals surface area (Å²) < 4.78 is 30.0. The molecule has 2 aliphatic carbocycles. The molecule has 3 aliphatic rings. The molecule has 47 heavy (non-hydrogen) atoms. The van der Waals surface area contributed by atoms with Crippen LogP contribution in [0.4, 0.5) is 14.5 Å². The topological polar surface area (TPSA) is 146 Å². The average molecular weight is 657 g/mol. The van der Waals surface area contributed by atoms with Crippen molar-refractivity contribution < 1.29 is 33.1 Å². The first-order chi connectivity index (χ1) is 22.4. The molecule has 4 amide bonds. The number of alkyl halides is 1. The number of aromatic nitrogens is 2. The standard InChI is InChI=1S/C34H46F2N6O5/c1-4-27(43)39-29(33(46)41-16-12-34(3,47)13-17-41)20(2)23-9-10-25(24(36)19-23)38-32(45)30(28(21-5-6-21)22-7-8-22)40-31(44)26-11-15-37-42(26)18-14-35/h9-11,15,19-22,28-30,47H,4-8,12-14,16-18H2,1-3H3,(H,38,45)(H,39,43)(H,40,44)/t20-,29+,30-/m0/s1. The van der Waals surface area contributed by atoms with E-state index in [1.807, 2.05) is 0 Å². The molecular weight excluding hydrogens is 610 g/mol. The third-order valence-electron chi connectivity index (χ3n) is 9.86. The Balaban J connectivity index is 1.33. The van der Waals surface area contributed by atoms with Gasteiger partial charge < -0.3 is 26.0 Å². The Morgan fingerprint density at radius 1 is 1.04 bits per heavy atom. The molecule has 256 valence electrons. The normalized spacial score (nSPS) is 19.5. The fourth-order valence-electron chi connectivity index (χ4n) is 6.63. The van der Waals surface area contributed by atoms with Gasteiger partial charge in [0, 0.05) is 31.6 Å². The summed E-state index contributed by atoms with van der Waals surface area (Å²) in [6.07, 6.45) is 6.20. The monoisotopic (exact) mass is 656 g/mol. The molecule has 2 aromatic rings. The molecule has 0 unspecified atom stereocenters. The van der Waals surface area contributed by atoms with Crippen LogP contribution in [0.1, 0.15) is 87.7 Å². The van der Waals surface area contributed by atoms with Gasteiger partial charge in [0.05, 0.1) is 17.8 Å². The summed E-state index contributed by atoms with van der Waals surface area (Å²) in [6, 6.07) is 3.89. The quantitative estimate of drug-likeness (QED) is 0.245. The number of amides is 4. The number of nitrogens with one attached hydrogen (secondary N) is 3. The molecule has 1 aliphatic heterocycles. The minimum atomic E-state index is -0.950. The maximum atomic E-state index is 15.7. The molecule has 1 aromatic heterocycles. The van der Waals surface area contributed by atoms with Crippen molar-refractivity contribution in [1.29, 1.82) is 0 Å². The van der Waals surface area contributed by atoms with Crippen molar-refractivity contribution in [2.24, 2.45) is 17.8 Å². The van der Waals surface area contributed by atoms with E-state index >= 15 is 4.39 Å². The van der Waals surface area contributed by atoms with E-state index in [1.165, 1.54) is 29.1 Å². The molecule has 1 aromatic carbocycles. The smallest absolute Gasteiger partial charge is 0.270 e. The van der Waals surface area contributed by atoms with Crippen molar-refractivity contribution in [3.8, 4) is 0 Å². The summed E-state index contributed by atoms with van der Waals surface area (Å²) >= 11 is 0. The summed E-state index contributed by atoms with van der Waals surface area (Å²) in [5, 5.41) is 22.7. The fourth-order valence-corrected chi connectivity index (χ4v) is 6.63. The molecule has 0 radical (unpaired) electrons. The van der Waals surface area contributed by atoms with E-state index in [0.29, 0.717) is 31.5 Å². The Kier molecular flexibility index (Phi) is 10.6. The number of benzene rings is 1. The maximum Gasteiger partial charge on any atom is 0.270 e. The van der Waals surface area contributed by atoms with Gasteiger partial charge in [0.15, 0.2) is 0 Å². The molecule has 11 nitrogen and oxygen atoms in total. The van der Waals surface area contributed by atoms with Gasteiger partial charge in [0.2, 0.25) is 17.7 Å². The van der Waals surface area contributed by atoms with Gasteiger partial charge in [0.25, 0.3) is 5.91 Å². The largest absolute Gasteiger partial charge is 0.390 e. The lowest BCUT2D eigenvalue weighted by molar-refractivity contribution is -0.140. The van der Waals surface area contributed by atoms with Gasteiger partial charge in [-0.05, 0) is 87.0 Å². The predicted molar refractivity (Wildman–Crippen MR) is 170 cm³/mol. The number of carbonyl (C=O) groups is 4. The Morgan fingerprint density at radius 3 is 2.28 bits per heavy atom. The second-order valence-electron chi connectivity index (χ2n) is 13.6. The highest BCUT2D eigenvalue weighted by atomic mass is 19.1. The third-order valence-corrected chi connectivity index (χ3v) is 9.86. The molecule has 3 fully saturated rings. The highest BCUT2D eigenvalue weighted by molar-refractivity contribution is 6.01. The zero-order valence-corrected chi connectivity index (χ0v) is 27.3. The third kappa shape index (κ3) is 8.35. The summed E-state index contributed by atoms with van der Waals surface area (Å²) in [5.41, 5.74) is -0.328. The number of aryl methyl sites for hydroxylation is 1. The summed E-state index contributed by atoms with van der Waals surface area (Å²) in [6.45, 7) is 5.04. The van der Waals surface area contributed by atoms with Crippen LogP contribution in [0.15, 0.2) is 30.5 Å². The number of hydrogen-bond acceptors (Lipinski definition) is 6. The molecule has 2 heterocycles. The molecule has 13 heteroatoms. The molecule has 0 spiro atoms. The second-order valence-corrected chi connectivity index (χ2v) is 13.6. The number of aliphatic hydroxyl groups is 1. The number of halogens is 2. The number of piperidine rings is 1. The minimum absolute atomic E-state index is 0.0725. The maximum absolute atomic E-state index is 15.7. The molecule has 4 N–H and O–H groups in total. The van der Waals surface area contributed by atoms with Gasteiger partial charge in [-0.15, -0.1) is 0 Å². The highest BCUT2D eigenvalue weighted by Gasteiger charge is 2.48. The van der Waals surface area contributed by atoms with Crippen LogP contribution in [0.2, 0.25) is 0 Å². The zero-order chi connectivity index (χ0) is 33.9. The average Bonchev–Trinajstić information content (AvgIpc) is 3.99. The molecular formula is C34H46F2N6O5. The minimum Gasteiger partial charge on any atom is -0.390 e.